The number of hydrogen-bond donors (Lipinski definition) is 2. The van der Waals surface area contributed by atoms with Crippen LogP contribution in [-0.2, 0) is 14.3 Å². The van der Waals surface area contributed by atoms with Gasteiger partial charge in [-0.2, -0.15) is 0 Å². The molecule has 0 aliphatic carbocycles. The number of rotatable bonds is 4. The third-order valence-electron chi connectivity index (χ3n) is 1.80. The summed E-state index contributed by atoms with van der Waals surface area (Å²) in [6, 6.07) is 1.62. The number of nitrogens with zero attached hydrogens (tertiary/aromatic N) is 1. The Morgan fingerprint density at radius 2 is 2.35 bits per heavy atom. The van der Waals surface area contributed by atoms with Crippen LogP contribution in [-0.4, -0.2) is 29.5 Å². The molecule has 17 heavy (non-hydrogen) atoms. The van der Waals surface area contributed by atoms with Crippen LogP contribution in [0, 0.1) is 0 Å². The Bertz CT molecular complexity index is 425. The Labute approximate surface area is 103 Å². The summed E-state index contributed by atoms with van der Waals surface area (Å²) in [6.45, 7) is 1.79. The molecular formula is C10H12ClN3O3. The van der Waals surface area contributed by atoms with E-state index in [0.717, 1.165) is 0 Å². The molecule has 0 saturated heterocycles. The van der Waals surface area contributed by atoms with Gasteiger partial charge in [-0.05, 0) is 19.1 Å². The number of carbonyl (C=O) groups is 2. The van der Waals surface area contributed by atoms with Crippen molar-refractivity contribution in [1.29, 1.82) is 0 Å². The summed E-state index contributed by atoms with van der Waals surface area (Å²) < 4.78 is 4.61. The Balaban J connectivity index is 2.63. The second-order valence-corrected chi connectivity index (χ2v) is 3.51. The second-order valence-electron chi connectivity index (χ2n) is 3.08. The maximum atomic E-state index is 11.5. The standard InChI is InChI=1S/C10H12ClN3O3/c1-2-17-10(16)8(12)9(15)14-7-5-6(11)3-4-13-7/h3-5,8H,2,12H2,1H3,(H,13,14,15). The third-order valence-corrected chi connectivity index (χ3v) is 2.03. The zero-order valence-electron chi connectivity index (χ0n) is 9.14. The minimum Gasteiger partial charge on any atom is -0.464 e. The molecule has 92 valence electrons. The zero-order chi connectivity index (χ0) is 12.8. The topological polar surface area (TPSA) is 94.3 Å². The molecule has 0 saturated carbocycles. The number of pyridine rings is 1. The van der Waals surface area contributed by atoms with Gasteiger partial charge in [0, 0.05) is 11.2 Å². The Morgan fingerprint density at radius 3 is 2.94 bits per heavy atom. The van der Waals surface area contributed by atoms with E-state index in [2.05, 4.69) is 15.0 Å². The SMILES string of the molecule is CCOC(=O)C(N)C(=O)Nc1cc(Cl)ccn1. The molecule has 6 nitrogen and oxygen atoms in total. The summed E-state index contributed by atoms with van der Waals surface area (Å²) in [5.41, 5.74) is 5.39. The van der Waals surface area contributed by atoms with Crippen LogP contribution in [0.25, 0.3) is 0 Å². The Hall–Kier alpha value is -1.66. The monoisotopic (exact) mass is 257 g/mol. The van der Waals surface area contributed by atoms with Crippen molar-refractivity contribution in [3.8, 4) is 0 Å². The van der Waals surface area contributed by atoms with Crippen LogP contribution >= 0.6 is 11.6 Å². The fourth-order valence-corrected chi connectivity index (χ4v) is 1.18. The normalized spacial score (nSPS) is 11.7. The number of anilines is 1. The molecule has 0 aliphatic heterocycles. The summed E-state index contributed by atoms with van der Waals surface area (Å²) in [5, 5.41) is 2.78. The summed E-state index contributed by atoms with van der Waals surface area (Å²) in [7, 11) is 0. The lowest BCUT2D eigenvalue weighted by Crippen LogP contribution is -2.43. The van der Waals surface area contributed by atoms with Gasteiger partial charge in [0.2, 0.25) is 0 Å². The highest BCUT2D eigenvalue weighted by Gasteiger charge is 2.23. The number of carbonyl (C=O) groups excluding carboxylic acids is 2. The number of nitrogens with one attached hydrogen (secondary N) is 1. The van der Waals surface area contributed by atoms with Crippen molar-refractivity contribution in [3.63, 3.8) is 0 Å². The van der Waals surface area contributed by atoms with Crippen molar-refractivity contribution in [2.24, 2.45) is 5.73 Å². The van der Waals surface area contributed by atoms with Crippen molar-refractivity contribution in [2.45, 2.75) is 13.0 Å². The van der Waals surface area contributed by atoms with E-state index < -0.39 is 17.9 Å². The first-order valence-corrected chi connectivity index (χ1v) is 5.27. The van der Waals surface area contributed by atoms with Crippen molar-refractivity contribution >= 4 is 29.3 Å². The molecule has 0 fully saturated rings. The number of nitrogens with two attached hydrogens (primary N) is 1. The third kappa shape index (κ3) is 4.01. The average Bonchev–Trinajstić information content (AvgIpc) is 2.28. The molecule has 0 spiro atoms. The predicted molar refractivity (Wildman–Crippen MR) is 62.5 cm³/mol. The smallest absolute Gasteiger partial charge is 0.332 e. The summed E-state index contributed by atoms with van der Waals surface area (Å²) >= 11 is 5.71. The first kappa shape index (κ1) is 13.4. The van der Waals surface area contributed by atoms with Crippen LogP contribution in [0.4, 0.5) is 5.82 Å². The van der Waals surface area contributed by atoms with E-state index in [1.165, 1.54) is 12.3 Å². The first-order chi connectivity index (χ1) is 8.04. The highest BCUT2D eigenvalue weighted by Crippen LogP contribution is 2.11. The lowest BCUT2D eigenvalue weighted by molar-refractivity contribution is -0.146. The van der Waals surface area contributed by atoms with E-state index in [9.17, 15) is 9.59 Å². The van der Waals surface area contributed by atoms with E-state index in [4.69, 9.17) is 17.3 Å². The molecule has 1 aromatic rings. The van der Waals surface area contributed by atoms with E-state index >= 15 is 0 Å². The quantitative estimate of drug-likeness (QED) is 0.607. The van der Waals surface area contributed by atoms with Gasteiger partial charge in [-0.1, -0.05) is 11.6 Å². The summed E-state index contributed by atoms with van der Waals surface area (Å²) in [4.78, 5) is 26.6. The maximum Gasteiger partial charge on any atom is 0.332 e. The molecular weight excluding hydrogens is 246 g/mol. The van der Waals surface area contributed by atoms with Crippen LogP contribution < -0.4 is 11.1 Å². The average molecular weight is 258 g/mol. The van der Waals surface area contributed by atoms with Gasteiger partial charge in [-0.15, -0.1) is 0 Å². The number of ether oxygens (including phenoxy) is 1. The van der Waals surface area contributed by atoms with Crippen LogP contribution in [0.1, 0.15) is 6.92 Å². The summed E-state index contributed by atoms with van der Waals surface area (Å²) in [5.74, 6) is -1.26. The van der Waals surface area contributed by atoms with E-state index in [1.807, 2.05) is 0 Å². The molecule has 1 atom stereocenters. The van der Waals surface area contributed by atoms with Crippen LogP contribution in [0.15, 0.2) is 18.3 Å². The van der Waals surface area contributed by atoms with E-state index in [0.29, 0.717) is 5.02 Å². The molecule has 1 heterocycles. The van der Waals surface area contributed by atoms with Gasteiger partial charge in [0.1, 0.15) is 5.82 Å². The number of esters is 1. The van der Waals surface area contributed by atoms with Crippen LogP contribution in [0.5, 0.6) is 0 Å². The molecule has 0 bridgehead atoms. The Morgan fingerprint density at radius 1 is 1.65 bits per heavy atom. The molecule has 7 heteroatoms. The maximum absolute atomic E-state index is 11.5. The molecule has 0 radical (unpaired) electrons. The van der Waals surface area contributed by atoms with Crippen molar-refractivity contribution in [2.75, 3.05) is 11.9 Å². The summed E-state index contributed by atoms with van der Waals surface area (Å²) in [6.07, 6.45) is 1.42. The van der Waals surface area contributed by atoms with E-state index in [1.54, 1.807) is 13.0 Å². The van der Waals surface area contributed by atoms with Gasteiger partial charge in [0.15, 0.2) is 6.04 Å². The fraction of sp³-hybridized carbons (Fsp3) is 0.300. The second kappa shape index (κ2) is 6.17. The van der Waals surface area contributed by atoms with Crippen LogP contribution in [0.3, 0.4) is 0 Å². The lowest BCUT2D eigenvalue weighted by atomic mass is 10.3. The lowest BCUT2D eigenvalue weighted by Gasteiger charge is -2.10. The van der Waals surface area contributed by atoms with Crippen LogP contribution in [0.2, 0.25) is 5.02 Å². The fourth-order valence-electron chi connectivity index (χ4n) is 1.02. The van der Waals surface area contributed by atoms with Gasteiger partial charge in [-0.3, -0.25) is 4.79 Å². The van der Waals surface area contributed by atoms with Gasteiger partial charge >= 0.3 is 5.97 Å². The molecule has 1 rings (SSSR count). The minimum absolute atomic E-state index is 0.162. The molecule has 0 aliphatic rings. The molecule has 1 aromatic heterocycles. The van der Waals surface area contributed by atoms with Crippen molar-refractivity contribution < 1.29 is 14.3 Å². The number of aromatic nitrogens is 1. The predicted octanol–water partition coefficient (Wildman–Crippen LogP) is 0.564. The van der Waals surface area contributed by atoms with Crippen molar-refractivity contribution in [1.82, 2.24) is 4.98 Å². The van der Waals surface area contributed by atoms with Gasteiger partial charge in [0.05, 0.1) is 6.61 Å². The van der Waals surface area contributed by atoms with Gasteiger partial charge < -0.3 is 15.8 Å². The van der Waals surface area contributed by atoms with Crippen molar-refractivity contribution in [3.05, 3.63) is 23.4 Å². The largest absolute Gasteiger partial charge is 0.464 e. The molecule has 1 unspecified atom stereocenters. The molecule has 1 amide bonds. The highest BCUT2D eigenvalue weighted by molar-refractivity contribution is 6.30. The molecule has 0 aromatic carbocycles. The Kier molecular flexibility index (Phi) is 4.86. The highest BCUT2D eigenvalue weighted by atomic mass is 35.5. The number of amides is 1. The minimum atomic E-state index is -1.38. The first-order valence-electron chi connectivity index (χ1n) is 4.89. The molecule has 3 N–H and O–H groups in total. The number of hydrogen-bond acceptors (Lipinski definition) is 5. The zero-order valence-corrected chi connectivity index (χ0v) is 9.90. The van der Waals surface area contributed by atoms with Gasteiger partial charge in [-0.25, -0.2) is 9.78 Å². The number of halogens is 1. The van der Waals surface area contributed by atoms with E-state index in [-0.39, 0.29) is 12.4 Å². The van der Waals surface area contributed by atoms with Gasteiger partial charge in [0.25, 0.3) is 5.91 Å².